The van der Waals surface area contributed by atoms with Crippen molar-refractivity contribution in [2.75, 3.05) is 0 Å². The lowest BCUT2D eigenvalue weighted by molar-refractivity contribution is 0.792. The lowest BCUT2D eigenvalue weighted by Gasteiger charge is -2.30. The summed E-state index contributed by atoms with van der Waals surface area (Å²) in [5, 5.41) is 16.1. The fourth-order valence-corrected chi connectivity index (χ4v) is 11.1. The van der Waals surface area contributed by atoms with Crippen molar-refractivity contribution in [3.05, 3.63) is 221 Å². The van der Waals surface area contributed by atoms with Crippen LogP contribution in [0.25, 0.3) is 88.4 Å². The number of fused-ring (bicyclic) bond motifs is 16. The maximum atomic E-state index is 11.5. The number of nitriles is 1. The van der Waals surface area contributed by atoms with E-state index in [1.807, 2.05) is 12.4 Å². The molecule has 4 heteroatoms. The minimum atomic E-state index is -0.456. The van der Waals surface area contributed by atoms with Crippen LogP contribution in [0.4, 0.5) is 0 Å². The van der Waals surface area contributed by atoms with Gasteiger partial charge >= 0.3 is 0 Å². The summed E-state index contributed by atoms with van der Waals surface area (Å²) < 4.78 is 4.62. The van der Waals surface area contributed by atoms with E-state index < -0.39 is 5.41 Å². The van der Waals surface area contributed by atoms with Gasteiger partial charge in [-0.1, -0.05) is 120 Å². The molecule has 3 aromatic heterocycles. The minimum Gasteiger partial charge on any atom is -0.308 e. The van der Waals surface area contributed by atoms with E-state index in [1.54, 1.807) is 0 Å². The van der Waals surface area contributed by atoms with E-state index in [9.17, 15) is 5.26 Å². The Balaban J connectivity index is 1.14. The first-order chi connectivity index (χ1) is 30.0. The number of aromatic nitrogens is 3. The Hall–Kier alpha value is -8.00. The summed E-state index contributed by atoms with van der Waals surface area (Å²) in [7, 11) is 0. The van der Waals surface area contributed by atoms with Crippen molar-refractivity contribution in [3.63, 3.8) is 0 Å². The lowest BCUT2D eigenvalue weighted by atomic mass is 9.70. The number of para-hydroxylation sites is 2. The lowest BCUT2D eigenvalue weighted by Crippen LogP contribution is -2.25. The van der Waals surface area contributed by atoms with Crippen LogP contribution < -0.4 is 0 Å². The van der Waals surface area contributed by atoms with Gasteiger partial charge in [0.1, 0.15) is 11.6 Å². The Labute approximate surface area is 352 Å². The molecule has 0 bridgehead atoms. The molecule has 0 amide bonds. The maximum absolute atomic E-state index is 11.5. The molecule has 284 valence electrons. The van der Waals surface area contributed by atoms with E-state index >= 15 is 0 Å². The van der Waals surface area contributed by atoms with Gasteiger partial charge in [-0.15, -0.1) is 0 Å². The van der Waals surface area contributed by atoms with Crippen LogP contribution in [-0.4, -0.2) is 14.1 Å². The van der Waals surface area contributed by atoms with E-state index in [0.717, 1.165) is 55.3 Å². The van der Waals surface area contributed by atoms with Gasteiger partial charge in [-0.2, -0.15) is 5.26 Å². The Morgan fingerprint density at radius 1 is 0.443 bits per heavy atom. The van der Waals surface area contributed by atoms with Gasteiger partial charge in [0.2, 0.25) is 0 Å². The topological polar surface area (TPSA) is 46.5 Å². The van der Waals surface area contributed by atoms with Crippen LogP contribution in [0.5, 0.6) is 0 Å². The smallest absolute Gasteiger partial charge is 0.104 e. The van der Waals surface area contributed by atoms with Crippen molar-refractivity contribution in [2.24, 2.45) is 0 Å². The fourth-order valence-electron chi connectivity index (χ4n) is 11.1. The molecule has 3 heterocycles. The molecule has 8 aromatic carbocycles. The van der Waals surface area contributed by atoms with Gasteiger partial charge in [0, 0.05) is 39.5 Å². The summed E-state index contributed by atoms with van der Waals surface area (Å²) in [4.78, 5) is 4.61. The number of benzene rings is 8. The van der Waals surface area contributed by atoms with Crippen molar-refractivity contribution in [1.29, 1.82) is 5.26 Å². The largest absolute Gasteiger partial charge is 0.308 e. The summed E-state index contributed by atoms with van der Waals surface area (Å²) in [6.07, 6.45) is 3.97. The maximum Gasteiger partial charge on any atom is 0.104 e. The predicted molar refractivity (Wildman–Crippen MR) is 249 cm³/mol. The average molecular weight is 777 g/mol. The number of nitrogens with zero attached hydrogens (tertiary/aromatic N) is 4. The summed E-state index contributed by atoms with van der Waals surface area (Å²) in [6.45, 7) is 4.29. The standard InChI is InChI=1S/C57H36N4/c1-34-19-23-53-43(27-34)40-13-5-9-17-51(40)60(53)55-30-37(31-56(45(55)32-58)61-52-18-10-6-14-41(52)44-28-35(2)20-24-54(44)61)36-21-22-49-42(29-36)38-11-3-7-15-47(38)57(49)48-16-8-4-12-39(48)46-33-59-26-25-50(46)57/h3-31,33H,1-2H3. The highest BCUT2D eigenvalue weighted by Crippen LogP contribution is 2.63. The predicted octanol–water partition coefficient (Wildman–Crippen LogP) is 13.8. The number of hydrogen-bond acceptors (Lipinski definition) is 2. The summed E-state index contributed by atoms with van der Waals surface area (Å²) >= 11 is 0. The molecule has 13 rings (SSSR count). The van der Waals surface area contributed by atoms with Gasteiger partial charge in [0.15, 0.2) is 0 Å². The Morgan fingerprint density at radius 2 is 0.951 bits per heavy atom. The zero-order valence-electron chi connectivity index (χ0n) is 33.6. The Morgan fingerprint density at radius 3 is 1.56 bits per heavy atom. The third kappa shape index (κ3) is 4.39. The molecule has 0 N–H and O–H groups in total. The molecule has 0 aliphatic heterocycles. The average Bonchev–Trinajstić information content (AvgIpc) is 4.00. The molecule has 1 spiro atoms. The molecular formula is C57H36N4. The molecule has 0 saturated heterocycles. The monoisotopic (exact) mass is 776 g/mol. The van der Waals surface area contributed by atoms with Crippen molar-refractivity contribution in [3.8, 4) is 50.8 Å². The molecule has 2 aliphatic rings. The van der Waals surface area contributed by atoms with Crippen molar-refractivity contribution < 1.29 is 0 Å². The van der Waals surface area contributed by atoms with Gasteiger partial charge < -0.3 is 9.13 Å². The number of aryl methyl sites for hydroxylation is 2. The zero-order valence-corrected chi connectivity index (χ0v) is 33.6. The van der Waals surface area contributed by atoms with Crippen molar-refractivity contribution in [1.82, 2.24) is 14.1 Å². The van der Waals surface area contributed by atoms with Crippen LogP contribution in [0.15, 0.2) is 182 Å². The van der Waals surface area contributed by atoms with Gasteiger partial charge in [-0.05, 0) is 125 Å². The van der Waals surface area contributed by atoms with Crippen LogP contribution in [0.2, 0.25) is 0 Å². The zero-order chi connectivity index (χ0) is 40.6. The molecule has 1 atom stereocenters. The molecule has 1 unspecified atom stereocenters. The molecule has 11 aromatic rings. The van der Waals surface area contributed by atoms with Gasteiger partial charge in [0.25, 0.3) is 0 Å². The minimum absolute atomic E-state index is 0.456. The van der Waals surface area contributed by atoms with E-state index in [4.69, 9.17) is 0 Å². The van der Waals surface area contributed by atoms with Crippen LogP contribution in [0.1, 0.15) is 38.9 Å². The van der Waals surface area contributed by atoms with Crippen LogP contribution in [0.3, 0.4) is 0 Å². The summed E-state index contributed by atoms with van der Waals surface area (Å²) in [6, 6.07) is 64.8. The number of hydrogen-bond donors (Lipinski definition) is 0. The second-order valence-electron chi connectivity index (χ2n) is 16.8. The number of rotatable bonds is 3. The molecule has 2 aliphatic carbocycles. The highest BCUT2D eigenvalue weighted by atomic mass is 15.0. The molecule has 0 radical (unpaired) electrons. The molecule has 61 heavy (non-hydrogen) atoms. The summed E-state index contributed by atoms with van der Waals surface area (Å²) in [5.41, 5.74) is 20.7. The van der Waals surface area contributed by atoms with Gasteiger partial charge in [-0.3, -0.25) is 4.98 Å². The highest BCUT2D eigenvalue weighted by molar-refractivity contribution is 6.11. The molecule has 0 fully saturated rings. The van der Waals surface area contributed by atoms with Crippen LogP contribution >= 0.6 is 0 Å². The van der Waals surface area contributed by atoms with E-state index in [0.29, 0.717) is 5.56 Å². The second kappa shape index (κ2) is 12.3. The summed E-state index contributed by atoms with van der Waals surface area (Å²) in [5.74, 6) is 0. The Bertz CT molecular complexity index is 3570. The SMILES string of the molecule is Cc1ccc2c(c1)c1ccccc1n2-c1cc(-c2ccc3c(c2)-c2ccccc2C32c3ccccc3-c3cnccc32)cc(-n2c3ccccc3c3cc(C)ccc32)c1C#N. The number of pyridine rings is 1. The first kappa shape index (κ1) is 33.9. The normalized spacial score (nSPS) is 14.8. The van der Waals surface area contributed by atoms with E-state index in [-0.39, 0.29) is 0 Å². The van der Waals surface area contributed by atoms with Gasteiger partial charge in [-0.25, -0.2) is 0 Å². The van der Waals surface area contributed by atoms with Crippen LogP contribution in [-0.2, 0) is 5.41 Å². The van der Waals surface area contributed by atoms with Crippen molar-refractivity contribution in [2.45, 2.75) is 19.3 Å². The highest BCUT2D eigenvalue weighted by Gasteiger charge is 2.51. The van der Waals surface area contributed by atoms with Crippen molar-refractivity contribution >= 4 is 43.6 Å². The first-order valence-electron chi connectivity index (χ1n) is 20.9. The second-order valence-corrected chi connectivity index (χ2v) is 16.8. The van der Waals surface area contributed by atoms with Gasteiger partial charge in [0.05, 0.1) is 38.9 Å². The molecular weight excluding hydrogens is 741 g/mol. The molecule has 0 saturated carbocycles. The third-order valence-corrected chi connectivity index (χ3v) is 13.6. The third-order valence-electron chi connectivity index (χ3n) is 13.6. The molecule has 4 nitrogen and oxygen atoms in total. The first-order valence-corrected chi connectivity index (χ1v) is 20.9. The quantitative estimate of drug-likeness (QED) is 0.179. The Kier molecular flexibility index (Phi) is 6.82. The van der Waals surface area contributed by atoms with E-state index in [1.165, 1.54) is 66.4 Å². The van der Waals surface area contributed by atoms with Crippen LogP contribution in [0, 0.1) is 25.2 Å². The fraction of sp³-hybridized carbons (Fsp3) is 0.0526. The van der Waals surface area contributed by atoms with E-state index in [2.05, 4.69) is 204 Å².